The van der Waals surface area contributed by atoms with E-state index < -0.39 is 30.3 Å². The summed E-state index contributed by atoms with van der Waals surface area (Å²) >= 11 is 0. The fourth-order valence-electron chi connectivity index (χ4n) is 3.85. The average molecular weight is 357 g/mol. The van der Waals surface area contributed by atoms with E-state index in [0.717, 1.165) is 39.3 Å². The number of hydrogen-bond acceptors (Lipinski definition) is 4. The van der Waals surface area contributed by atoms with Crippen LogP contribution in [0.5, 0.6) is 0 Å². The zero-order chi connectivity index (χ0) is 19.0. The highest BCUT2D eigenvalue weighted by Gasteiger charge is 2.48. The Bertz CT molecular complexity index is 773. The maximum absolute atomic E-state index is 12.5. The van der Waals surface area contributed by atoms with E-state index in [9.17, 15) is 19.2 Å². The first-order valence-corrected chi connectivity index (χ1v) is 8.86. The Hall–Kier alpha value is -2.70. The van der Waals surface area contributed by atoms with Gasteiger partial charge in [0.15, 0.2) is 0 Å². The fourth-order valence-corrected chi connectivity index (χ4v) is 3.85. The van der Waals surface area contributed by atoms with Crippen molar-refractivity contribution >= 4 is 29.4 Å². The molecule has 1 saturated heterocycles. The standard InChI is InChI=1S/C19H23N3O4/c1-11-8-12(2)16(13(3)9-11)20-15(23)10-21-17(24)18(25)22(19(21)26)14-6-4-5-7-14/h8-9,14H,4-7,10H2,1-3H3,(H,20,23). The normalized spacial score (nSPS) is 18.2. The maximum Gasteiger partial charge on any atom is 0.334 e. The SMILES string of the molecule is Cc1cc(C)c(NC(=O)CN2C(=O)C(=O)N(C3CCCC3)C2=O)c(C)c1. The monoisotopic (exact) mass is 357 g/mol. The predicted octanol–water partition coefficient (Wildman–Crippen LogP) is 2.28. The van der Waals surface area contributed by atoms with Crippen molar-refractivity contribution < 1.29 is 19.2 Å². The molecule has 1 saturated carbocycles. The molecule has 1 aliphatic carbocycles. The number of benzene rings is 1. The number of hydrogen-bond donors (Lipinski definition) is 1. The van der Waals surface area contributed by atoms with Gasteiger partial charge in [-0.2, -0.15) is 0 Å². The van der Waals surface area contributed by atoms with E-state index >= 15 is 0 Å². The number of carbonyl (C=O) groups excluding carboxylic acids is 4. The van der Waals surface area contributed by atoms with E-state index in [-0.39, 0.29) is 6.04 Å². The van der Waals surface area contributed by atoms with Gasteiger partial charge in [-0.3, -0.25) is 19.3 Å². The number of anilines is 1. The summed E-state index contributed by atoms with van der Waals surface area (Å²) in [5, 5.41) is 2.76. The summed E-state index contributed by atoms with van der Waals surface area (Å²) in [6.45, 7) is 5.27. The summed E-state index contributed by atoms with van der Waals surface area (Å²) in [4.78, 5) is 51.0. The van der Waals surface area contributed by atoms with Crippen LogP contribution in [0.1, 0.15) is 42.4 Å². The minimum atomic E-state index is -0.922. The summed E-state index contributed by atoms with van der Waals surface area (Å²) in [7, 11) is 0. The number of carbonyl (C=O) groups is 4. The second-order valence-corrected chi connectivity index (χ2v) is 7.11. The van der Waals surface area contributed by atoms with Crippen molar-refractivity contribution in [3.8, 4) is 0 Å². The first-order valence-electron chi connectivity index (χ1n) is 8.86. The van der Waals surface area contributed by atoms with E-state index in [2.05, 4.69) is 5.32 Å². The second-order valence-electron chi connectivity index (χ2n) is 7.11. The number of urea groups is 1. The van der Waals surface area contributed by atoms with Crippen molar-refractivity contribution in [2.24, 2.45) is 0 Å². The summed E-state index contributed by atoms with van der Waals surface area (Å²) in [6.07, 6.45) is 3.30. The molecular weight excluding hydrogens is 334 g/mol. The minimum absolute atomic E-state index is 0.228. The minimum Gasteiger partial charge on any atom is -0.324 e. The lowest BCUT2D eigenvalue weighted by atomic mass is 10.1. The molecule has 2 fully saturated rings. The van der Waals surface area contributed by atoms with Gasteiger partial charge < -0.3 is 5.32 Å². The Morgan fingerprint density at radius 1 is 1.04 bits per heavy atom. The topological polar surface area (TPSA) is 86.8 Å². The maximum atomic E-state index is 12.5. The summed E-state index contributed by atoms with van der Waals surface area (Å²) in [5.74, 6) is -2.24. The van der Waals surface area contributed by atoms with Gasteiger partial charge in [-0.15, -0.1) is 0 Å². The Morgan fingerprint density at radius 3 is 2.19 bits per heavy atom. The smallest absolute Gasteiger partial charge is 0.324 e. The van der Waals surface area contributed by atoms with Crippen LogP contribution < -0.4 is 5.32 Å². The highest BCUT2D eigenvalue weighted by molar-refractivity contribution is 6.45. The second kappa shape index (κ2) is 6.90. The first-order chi connectivity index (χ1) is 12.3. The molecule has 0 aromatic heterocycles. The molecule has 0 atom stereocenters. The molecule has 1 N–H and O–H groups in total. The van der Waals surface area contributed by atoms with Crippen LogP contribution in [0.3, 0.4) is 0 Å². The van der Waals surface area contributed by atoms with E-state index in [1.54, 1.807) is 0 Å². The Morgan fingerprint density at radius 2 is 1.62 bits per heavy atom. The Labute approximate surface area is 152 Å². The van der Waals surface area contributed by atoms with Crippen LogP contribution in [0.15, 0.2) is 12.1 Å². The van der Waals surface area contributed by atoms with Crippen LogP contribution in [0, 0.1) is 20.8 Å². The van der Waals surface area contributed by atoms with Crippen molar-refractivity contribution in [3.05, 3.63) is 28.8 Å². The molecule has 0 radical (unpaired) electrons. The van der Waals surface area contributed by atoms with Gasteiger partial charge in [0.25, 0.3) is 0 Å². The van der Waals surface area contributed by atoms with Crippen LogP contribution in [0.25, 0.3) is 0 Å². The van der Waals surface area contributed by atoms with Crippen LogP contribution in [0.2, 0.25) is 0 Å². The van der Waals surface area contributed by atoms with Crippen molar-refractivity contribution in [1.82, 2.24) is 9.80 Å². The van der Waals surface area contributed by atoms with Crippen LogP contribution in [-0.2, 0) is 14.4 Å². The van der Waals surface area contributed by atoms with Gasteiger partial charge >= 0.3 is 17.8 Å². The molecule has 7 heteroatoms. The largest absolute Gasteiger partial charge is 0.334 e. The average Bonchev–Trinajstić information content (AvgIpc) is 3.15. The van der Waals surface area contributed by atoms with Crippen molar-refractivity contribution in [3.63, 3.8) is 0 Å². The molecule has 138 valence electrons. The van der Waals surface area contributed by atoms with Crippen molar-refractivity contribution in [1.29, 1.82) is 0 Å². The lowest BCUT2D eigenvalue weighted by Crippen LogP contribution is -2.41. The Kier molecular flexibility index (Phi) is 4.80. The molecule has 2 aliphatic rings. The third-order valence-corrected chi connectivity index (χ3v) is 5.02. The van der Waals surface area contributed by atoms with E-state index in [1.807, 2.05) is 32.9 Å². The van der Waals surface area contributed by atoms with Crippen molar-refractivity contribution in [2.45, 2.75) is 52.5 Å². The molecule has 0 bridgehead atoms. The molecule has 0 spiro atoms. The molecule has 26 heavy (non-hydrogen) atoms. The molecule has 7 nitrogen and oxygen atoms in total. The van der Waals surface area contributed by atoms with Crippen molar-refractivity contribution in [2.75, 3.05) is 11.9 Å². The number of amides is 5. The lowest BCUT2D eigenvalue weighted by molar-refractivity contribution is -0.144. The van der Waals surface area contributed by atoms with Gasteiger partial charge in [0, 0.05) is 11.7 Å². The van der Waals surface area contributed by atoms with Crippen LogP contribution >= 0.6 is 0 Å². The molecule has 5 amide bonds. The molecule has 1 heterocycles. The number of nitrogens with one attached hydrogen (secondary N) is 1. The number of aryl methyl sites for hydroxylation is 3. The van der Waals surface area contributed by atoms with E-state index in [4.69, 9.17) is 0 Å². The van der Waals surface area contributed by atoms with Gasteiger partial charge in [-0.1, -0.05) is 30.5 Å². The lowest BCUT2D eigenvalue weighted by Gasteiger charge is -2.21. The number of nitrogens with zero attached hydrogens (tertiary/aromatic N) is 2. The van der Waals surface area contributed by atoms with E-state index in [1.165, 1.54) is 0 Å². The summed E-state index contributed by atoms with van der Waals surface area (Å²) < 4.78 is 0. The zero-order valence-corrected chi connectivity index (χ0v) is 15.3. The highest BCUT2D eigenvalue weighted by Crippen LogP contribution is 2.28. The van der Waals surface area contributed by atoms with Gasteiger partial charge in [-0.05, 0) is 44.7 Å². The highest BCUT2D eigenvalue weighted by atomic mass is 16.2. The first kappa shape index (κ1) is 18.1. The fraction of sp³-hybridized carbons (Fsp3) is 0.474. The molecule has 0 unspecified atom stereocenters. The zero-order valence-electron chi connectivity index (χ0n) is 15.3. The predicted molar refractivity (Wildman–Crippen MR) is 95.5 cm³/mol. The van der Waals surface area contributed by atoms with Crippen LogP contribution in [0.4, 0.5) is 10.5 Å². The third kappa shape index (κ3) is 3.21. The quantitative estimate of drug-likeness (QED) is 0.662. The molecule has 1 aromatic carbocycles. The molecular formula is C19H23N3O4. The number of rotatable bonds is 4. The Balaban J connectivity index is 1.72. The summed E-state index contributed by atoms with van der Waals surface area (Å²) in [6, 6.07) is 2.98. The van der Waals surface area contributed by atoms with E-state index in [0.29, 0.717) is 18.5 Å². The third-order valence-electron chi connectivity index (χ3n) is 5.02. The molecule has 1 aliphatic heterocycles. The van der Waals surface area contributed by atoms with Crippen LogP contribution in [-0.4, -0.2) is 46.1 Å². The number of imide groups is 2. The molecule has 3 rings (SSSR count). The van der Waals surface area contributed by atoms with Gasteiger partial charge in [0.2, 0.25) is 5.91 Å². The van der Waals surface area contributed by atoms with Gasteiger partial charge in [0.1, 0.15) is 6.54 Å². The van der Waals surface area contributed by atoms with Gasteiger partial charge in [0.05, 0.1) is 0 Å². The van der Waals surface area contributed by atoms with Gasteiger partial charge in [-0.25, -0.2) is 9.69 Å². The molecule has 1 aromatic rings. The summed E-state index contributed by atoms with van der Waals surface area (Å²) in [5.41, 5.74) is 3.55.